The molecule has 2 heterocycles. The van der Waals surface area contributed by atoms with Gasteiger partial charge in [-0.15, -0.1) is 11.3 Å². The number of likely N-dealkylation sites (tertiary alicyclic amines) is 1. The van der Waals surface area contributed by atoms with E-state index in [1.54, 1.807) is 42.2 Å². The van der Waals surface area contributed by atoms with Crippen LogP contribution < -0.4 is 10.0 Å². The highest BCUT2D eigenvalue weighted by Crippen LogP contribution is 2.26. The lowest BCUT2D eigenvalue weighted by Gasteiger charge is -2.31. The Hall–Kier alpha value is -3.17. The van der Waals surface area contributed by atoms with Crippen molar-refractivity contribution in [2.24, 2.45) is 5.92 Å². The van der Waals surface area contributed by atoms with Crippen LogP contribution >= 0.6 is 11.3 Å². The minimum Gasteiger partial charge on any atom is -0.338 e. The number of hydrogen-bond donors (Lipinski definition) is 2. The third-order valence-electron chi connectivity index (χ3n) is 5.90. The number of benzene rings is 2. The monoisotopic (exact) mass is 497 g/mol. The Balaban J connectivity index is 1.41. The quantitative estimate of drug-likeness (QED) is 0.518. The molecule has 0 aliphatic carbocycles. The molecule has 178 valence electrons. The van der Waals surface area contributed by atoms with Gasteiger partial charge in [-0.3, -0.25) is 14.3 Å². The molecular weight excluding hydrogens is 470 g/mol. The van der Waals surface area contributed by atoms with Gasteiger partial charge in [0.15, 0.2) is 0 Å². The van der Waals surface area contributed by atoms with Gasteiger partial charge < -0.3 is 10.2 Å². The van der Waals surface area contributed by atoms with Gasteiger partial charge in [0.2, 0.25) is 5.91 Å². The molecule has 0 spiro atoms. The Bertz CT molecular complexity index is 1300. The number of nitrogens with zero attached hydrogens (tertiary/aromatic N) is 1. The summed E-state index contributed by atoms with van der Waals surface area (Å²) in [6, 6.07) is 15.7. The fourth-order valence-corrected chi connectivity index (χ4v) is 6.04. The number of anilines is 2. The molecule has 0 atom stereocenters. The highest BCUT2D eigenvalue weighted by molar-refractivity contribution is 7.92. The van der Waals surface area contributed by atoms with Crippen LogP contribution in [0, 0.1) is 19.8 Å². The smallest absolute Gasteiger partial charge is 0.263 e. The highest BCUT2D eigenvalue weighted by atomic mass is 32.2. The molecule has 2 N–H and O–H groups in total. The van der Waals surface area contributed by atoms with Gasteiger partial charge in [-0.2, -0.15) is 0 Å². The van der Waals surface area contributed by atoms with E-state index in [0.29, 0.717) is 47.7 Å². The van der Waals surface area contributed by atoms with E-state index >= 15 is 0 Å². The third-order valence-corrected chi connectivity index (χ3v) is 8.28. The largest absolute Gasteiger partial charge is 0.338 e. The number of carbonyl (C=O) groups is 2. The first-order valence-corrected chi connectivity index (χ1v) is 13.4. The van der Waals surface area contributed by atoms with Crippen molar-refractivity contribution in [1.29, 1.82) is 0 Å². The second-order valence-corrected chi connectivity index (χ2v) is 11.1. The average molecular weight is 498 g/mol. The van der Waals surface area contributed by atoms with E-state index in [-0.39, 0.29) is 22.6 Å². The Morgan fingerprint density at radius 3 is 2.41 bits per heavy atom. The van der Waals surface area contributed by atoms with Crippen molar-refractivity contribution in [2.45, 2.75) is 31.6 Å². The Kier molecular flexibility index (Phi) is 7.04. The maximum atomic E-state index is 13.0. The molecule has 0 saturated carbocycles. The minimum atomic E-state index is -3.83. The lowest BCUT2D eigenvalue weighted by atomic mass is 9.95. The van der Waals surface area contributed by atoms with Crippen molar-refractivity contribution in [2.75, 3.05) is 23.1 Å². The zero-order valence-corrected chi connectivity index (χ0v) is 20.7. The number of piperidine rings is 1. The molecule has 0 radical (unpaired) electrons. The number of amides is 2. The molecule has 2 aromatic carbocycles. The van der Waals surface area contributed by atoms with Gasteiger partial charge in [-0.25, -0.2) is 8.42 Å². The van der Waals surface area contributed by atoms with E-state index in [0.717, 1.165) is 5.56 Å². The average Bonchev–Trinajstić information content (AvgIpc) is 3.34. The molecule has 0 bridgehead atoms. The summed E-state index contributed by atoms with van der Waals surface area (Å²) in [5.74, 6) is -0.399. The summed E-state index contributed by atoms with van der Waals surface area (Å²) in [4.78, 5) is 28.0. The third kappa shape index (κ3) is 5.48. The Labute approximate surface area is 203 Å². The van der Waals surface area contributed by atoms with Crippen LogP contribution in [0.5, 0.6) is 0 Å². The molecule has 1 aliphatic heterocycles. The first kappa shape index (κ1) is 24.0. The van der Waals surface area contributed by atoms with Gasteiger partial charge in [0.1, 0.15) is 0 Å². The number of rotatable bonds is 6. The number of thiophene rings is 1. The number of hydrogen-bond acceptors (Lipinski definition) is 5. The van der Waals surface area contributed by atoms with Crippen molar-refractivity contribution in [3.63, 3.8) is 0 Å². The van der Waals surface area contributed by atoms with Crippen molar-refractivity contribution >= 4 is 44.5 Å². The van der Waals surface area contributed by atoms with Gasteiger partial charge in [-0.1, -0.05) is 24.3 Å². The predicted octanol–water partition coefficient (Wildman–Crippen LogP) is 4.66. The molecule has 9 heteroatoms. The van der Waals surface area contributed by atoms with Crippen LogP contribution in [0.15, 0.2) is 64.9 Å². The van der Waals surface area contributed by atoms with E-state index in [2.05, 4.69) is 10.0 Å². The molecular formula is C25H27N3O4S2. The van der Waals surface area contributed by atoms with Gasteiger partial charge in [-0.05, 0) is 73.5 Å². The molecule has 34 heavy (non-hydrogen) atoms. The van der Waals surface area contributed by atoms with Crippen molar-refractivity contribution in [1.82, 2.24) is 4.90 Å². The van der Waals surface area contributed by atoms with Crippen molar-refractivity contribution in [3.05, 3.63) is 76.0 Å². The fraction of sp³-hybridized carbons (Fsp3) is 0.280. The van der Waals surface area contributed by atoms with Gasteiger partial charge in [0, 0.05) is 30.4 Å². The standard InChI is InChI=1S/C25H27N3O4S2/c1-17-5-3-6-21(15-17)27-34(31,32)23-16-20(9-8-18(23)2)26-24(29)19-10-12-28(13-11-19)25(30)22-7-4-14-33-22/h3-9,14-16,19,27H,10-13H2,1-2H3,(H,26,29). The van der Waals surface area contributed by atoms with Crippen LogP contribution in [-0.4, -0.2) is 38.2 Å². The summed E-state index contributed by atoms with van der Waals surface area (Å²) in [5, 5.41) is 4.74. The second-order valence-electron chi connectivity index (χ2n) is 8.49. The van der Waals surface area contributed by atoms with E-state index < -0.39 is 10.0 Å². The van der Waals surface area contributed by atoms with Gasteiger partial charge >= 0.3 is 0 Å². The lowest BCUT2D eigenvalue weighted by molar-refractivity contribution is -0.121. The van der Waals surface area contributed by atoms with E-state index in [9.17, 15) is 18.0 Å². The summed E-state index contributed by atoms with van der Waals surface area (Å²) in [7, 11) is -3.83. The SMILES string of the molecule is Cc1cccc(NS(=O)(=O)c2cc(NC(=O)C3CCN(C(=O)c4cccs4)CC3)ccc2C)c1. The van der Waals surface area contributed by atoms with E-state index in [1.807, 2.05) is 30.5 Å². The van der Waals surface area contributed by atoms with E-state index in [4.69, 9.17) is 0 Å². The maximum absolute atomic E-state index is 13.0. The molecule has 1 saturated heterocycles. The lowest BCUT2D eigenvalue weighted by Crippen LogP contribution is -2.41. The van der Waals surface area contributed by atoms with Crippen LogP contribution in [0.1, 0.15) is 33.6 Å². The minimum absolute atomic E-state index is 0.00310. The fourth-order valence-electron chi connectivity index (χ4n) is 4.03. The van der Waals surface area contributed by atoms with E-state index in [1.165, 1.54) is 17.4 Å². The number of aryl methyl sites for hydroxylation is 2. The Morgan fingerprint density at radius 2 is 1.74 bits per heavy atom. The molecule has 4 rings (SSSR count). The molecule has 7 nitrogen and oxygen atoms in total. The number of carbonyl (C=O) groups excluding carboxylic acids is 2. The van der Waals surface area contributed by atoms with Crippen LogP contribution in [0.3, 0.4) is 0 Å². The summed E-state index contributed by atoms with van der Waals surface area (Å²) in [6.45, 7) is 4.64. The summed E-state index contributed by atoms with van der Waals surface area (Å²) >= 11 is 1.41. The number of nitrogens with one attached hydrogen (secondary N) is 2. The first-order chi connectivity index (χ1) is 16.2. The summed E-state index contributed by atoms with van der Waals surface area (Å²) < 4.78 is 28.6. The zero-order valence-electron chi connectivity index (χ0n) is 19.1. The van der Waals surface area contributed by atoms with Crippen LogP contribution in [0.4, 0.5) is 11.4 Å². The Morgan fingerprint density at radius 1 is 0.971 bits per heavy atom. The number of sulfonamides is 1. The topological polar surface area (TPSA) is 95.6 Å². The zero-order chi connectivity index (χ0) is 24.3. The van der Waals surface area contributed by atoms with Gasteiger partial charge in [0.05, 0.1) is 9.77 Å². The first-order valence-electron chi connectivity index (χ1n) is 11.1. The molecule has 3 aromatic rings. The van der Waals surface area contributed by atoms with Crippen LogP contribution in [0.25, 0.3) is 0 Å². The molecule has 0 unspecified atom stereocenters. The normalized spacial score (nSPS) is 14.6. The molecule has 1 aliphatic rings. The van der Waals surface area contributed by atoms with Crippen LogP contribution in [-0.2, 0) is 14.8 Å². The van der Waals surface area contributed by atoms with Gasteiger partial charge in [0.25, 0.3) is 15.9 Å². The molecule has 1 fully saturated rings. The maximum Gasteiger partial charge on any atom is 0.263 e. The van der Waals surface area contributed by atoms with Crippen molar-refractivity contribution < 1.29 is 18.0 Å². The van der Waals surface area contributed by atoms with Crippen LogP contribution in [0.2, 0.25) is 0 Å². The summed E-state index contributed by atoms with van der Waals surface area (Å²) in [5.41, 5.74) is 2.44. The molecule has 1 aromatic heterocycles. The summed E-state index contributed by atoms with van der Waals surface area (Å²) in [6.07, 6.45) is 1.13. The predicted molar refractivity (Wildman–Crippen MR) is 135 cm³/mol. The van der Waals surface area contributed by atoms with Crippen molar-refractivity contribution in [3.8, 4) is 0 Å². The second kappa shape index (κ2) is 9.99. The molecule has 2 amide bonds. The highest BCUT2D eigenvalue weighted by Gasteiger charge is 2.28.